The van der Waals surface area contributed by atoms with Crippen LogP contribution in [0.1, 0.15) is 18.1 Å². The van der Waals surface area contributed by atoms with Gasteiger partial charge in [0.15, 0.2) is 0 Å². The molecule has 19 heavy (non-hydrogen) atoms. The Morgan fingerprint density at radius 3 is 2.58 bits per heavy atom. The first-order chi connectivity index (χ1) is 8.43. The van der Waals surface area contributed by atoms with E-state index < -0.39 is 10.0 Å². The van der Waals surface area contributed by atoms with Crippen LogP contribution in [-0.2, 0) is 10.0 Å². The highest BCUT2D eigenvalue weighted by Gasteiger charge is 2.31. The second kappa shape index (κ2) is 6.22. The van der Waals surface area contributed by atoms with Crippen molar-refractivity contribution >= 4 is 22.4 Å². The maximum Gasteiger partial charge on any atom is 0.243 e. The van der Waals surface area contributed by atoms with E-state index in [0.717, 1.165) is 11.1 Å². The monoisotopic (exact) mass is 304 g/mol. The van der Waals surface area contributed by atoms with Crippen LogP contribution in [-0.4, -0.2) is 38.4 Å². The highest BCUT2D eigenvalue weighted by Crippen LogP contribution is 2.23. The average Bonchev–Trinajstić information content (AvgIpc) is 2.28. The standard InChI is InChI=1S/C13H20N2O2S.ClH/c1-10-4-5-13(11(2)8-10)18(16,17)15-7-6-14-9-12(15)3;/h4-5,8,12,14H,6-7,9H2,1-3H3;1H. The molecule has 1 aromatic rings. The topological polar surface area (TPSA) is 49.4 Å². The van der Waals surface area contributed by atoms with Gasteiger partial charge in [-0.25, -0.2) is 8.42 Å². The summed E-state index contributed by atoms with van der Waals surface area (Å²) in [6.07, 6.45) is 0. The lowest BCUT2D eigenvalue weighted by atomic mass is 10.2. The fourth-order valence-corrected chi connectivity index (χ4v) is 4.23. The summed E-state index contributed by atoms with van der Waals surface area (Å²) in [5.74, 6) is 0. The third-order valence-corrected chi connectivity index (χ3v) is 5.53. The van der Waals surface area contributed by atoms with Crippen LogP contribution in [0, 0.1) is 13.8 Å². The van der Waals surface area contributed by atoms with E-state index in [9.17, 15) is 8.42 Å². The number of nitrogens with one attached hydrogen (secondary N) is 1. The Bertz CT molecular complexity index is 546. The highest BCUT2D eigenvalue weighted by molar-refractivity contribution is 7.89. The molecule has 1 atom stereocenters. The molecule has 1 fully saturated rings. The van der Waals surface area contributed by atoms with Crippen LogP contribution >= 0.6 is 12.4 Å². The third kappa shape index (κ3) is 3.28. The number of piperazine rings is 1. The van der Waals surface area contributed by atoms with Crippen molar-refractivity contribution < 1.29 is 8.42 Å². The van der Waals surface area contributed by atoms with E-state index >= 15 is 0 Å². The Morgan fingerprint density at radius 1 is 1.32 bits per heavy atom. The van der Waals surface area contributed by atoms with Gasteiger partial charge in [-0.05, 0) is 32.4 Å². The zero-order chi connectivity index (χ0) is 13.3. The summed E-state index contributed by atoms with van der Waals surface area (Å²) in [5, 5.41) is 3.21. The van der Waals surface area contributed by atoms with Crippen LogP contribution in [0.5, 0.6) is 0 Å². The summed E-state index contributed by atoms with van der Waals surface area (Å²) in [6, 6.07) is 5.49. The Balaban J connectivity index is 0.00000180. The number of hydrogen-bond acceptors (Lipinski definition) is 3. The van der Waals surface area contributed by atoms with Crippen molar-refractivity contribution in [1.29, 1.82) is 0 Å². The van der Waals surface area contributed by atoms with E-state index in [1.165, 1.54) is 0 Å². The first-order valence-electron chi connectivity index (χ1n) is 6.23. The van der Waals surface area contributed by atoms with E-state index in [-0.39, 0.29) is 18.4 Å². The van der Waals surface area contributed by atoms with Crippen molar-refractivity contribution in [3.05, 3.63) is 29.3 Å². The van der Waals surface area contributed by atoms with Crippen LogP contribution in [0.3, 0.4) is 0 Å². The molecule has 0 radical (unpaired) electrons. The summed E-state index contributed by atoms with van der Waals surface area (Å²) >= 11 is 0. The predicted octanol–water partition coefficient (Wildman–Crippen LogP) is 1.71. The molecule has 0 aromatic heterocycles. The lowest BCUT2D eigenvalue weighted by molar-refractivity contribution is 0.283. The van der Waals surface area contributed by atoms with Gasteiger partial charge in [0.1, 0.15) is 0 Å². The Morgan fingerprint density at radius 2 is 2.00 bits per heavy atom. The highest BCUT2D eigenvalue weighted by atomic mass is 35.5. The molecule has 6 heteroatoms. The first kappa shape index (κ1) is 16.4. The maximum absolute atomic E-state index is 12.6. The van der Waals surface area contributed by atoms with E-state index in [4.69, 9.17) is 0 Å². The van der Waals surface area contributed by atoms with Gasteiger partial charge < -0.3 is 5.32 Å². The van der Waals surface area contributed by atoms with Crippen LogP contribution in [0.4, 0.5) is 0 Å². The van der Waals surface area contributed by atoms with Crippen molar-refractivity contribution in [1.82, 2.24) is 9.62 Å². The maximum atomic E-state index is 12.6. The number of aryl methyl sites for hydroxylation is 2. The van der Waals surface area contributed by atoms with Crippen molar-refractivity contribution in [3.63, 3.8) is 0 Å². The van der Waals surface area contributed by atoms with Crippen molar-refractivity contribution in [3.8, 4) is 0 Å². The van der Waals surface area contributed by atoms with E-state index in [1.807, 2.05) is 32.9 Å². The Kier molecular flexibility index (Phi) is 5.38. The molecule has 0 amide bonds. The number of rotatable bonds is 2. The SMILES string of the molecule is Cc1ccc(S(=O)(=O)N2CCNCC2C)c(C)c1.Cl. The van der Waals surface area contributed by atoms with Gasteiger partial charge in [0, 0.05) is 25.7 Å². The lowest BCUT2D eigenvalue weighted by Gasteiger charge is -2.33. The lowest BCUT2D eigenvalue weighted by Crippen LogP contribution is -2.52. The van der Waals surface area contributed by atoms with Gasteiger partial charge in [-0.15, -0.1) is 12.4 Å². The molecule has 1 aromatic carbocycles. The minimum Gasteiger partial charge on any atom is -0.314 e. The molecule has 0 saturated carbocycles. The molecule has 1 heterocycles. The summed E-state index contributed by atoms with van der Waals surface area (Å²) in [5.41, 5.74) is 1.90. The van der Waals surface area contributed by atoms with E-state index in [1.54, 1.807) is 10.4 Å². The predicted molar refractivity (Wildman–Crippen MR) is 79.4 cm³/mol. The molecule has 1 saturated heterocycles. The van der Waals surface area contributed by atoms with Gasteiger partial charge in [0.2, 0.25) is 10.0 Å². The first-order valence-corrected chi connectivity index (χ1v) is 7.67. The van der Waals surface area contributed by atoms with Crippen LogP contribution < -0.4 is 5.32 Å². The van der Waals surface area contributed by atoms with Crippen LogP contribution in [0.15, 0.2) is 23.1 Å². The fourth-order valence-electron chi connectivity index (χ4n) is 2.39. The van der Waals surface area contributed by atoms with Crippen LogP contribution in [0.2, 0.25) is 0 Å². The van der Waals surface area contributed by atoms with Gasteiger partial charge in [-0.3, -0.25) is 0 Å². The number of benzene rings is 1. The average molecular weight is 305 g/mol. The number of sulfonamides is 1. The van der Waals surface area contributed by atoms with Crippen molar-refractivity contribution in [2.75, 3.05) is 19.6 Å². The largest absolute Gasteiger partial charge is 0.314 e. The molecule has 108 valence electrons. The normalized spacial score (nSPS) is 20.9. The Hall–Kier alpha value is -0.620. The number of nitrogens with zero attached hydrogens (tertiary/aromatic N) is 1. The van der Waals surface area contributed by atoms with Crippen molar-refractivity contribution in [2.24, 2.45) is 0 Å². The van der Waals surface area contributed by atoms with Crippen molar-refractivity contribution in [2.45, 2.75) is 31.7 Å². The van der Waals surface area contributed by atoms with Gasteiger partial charge in [-0.1, -0.05) is 17.7 Å². The summed E-state index contributed by atoms with van der Waals surface area (Å²) in [6.45, 7) is 7.73. The van der Waals surface area contributed by atoms with E-state index in [2.05, 4.69) is 5.32 Å². The van der Waals surface area contributed by atoms with Gasteiger partial charge in [0.05, 0.1) is 4.90 Å². The van der Waals surface area contributed by atoms with Gasteiger partial charge in [-0.2, -0.15) is 4.31 Å². The van der Waals surface area contributed by atoms with Gasteiger partial charge >= 0.3 is 0 Å². The summed E-state index contributed by atoms with van der Waals surface area (Å²) in [4.78, 5) is 0.432. The molecule has 1 aliphatic heterocycles. The molecule has 0 bridgehead atoms. The molecular formula is C13H21ClN2O2S. The minimum absolute atomic E-state index is 0. The molecule has 0 aliphatic carbocycles. The number of halogens is 1. The van der Waals surface area contributed by atoms with Crippen LogP contribution in [0.25, 0.3) is 0 Å². The smallest absolute Gasteiger partial charge is 0.243 e. The molecule has 1 N–H and O–H groups in total. The number of hydrogen-bond donors (Lipinski definition) is 1. The second-order valence-corrected chi connectivity index (χ2v) is 6.80. The quantitative estimate of drug-likeness (QED) is 0.905. The van der Waals surface area contributed by atoms with E-state index in [0.29, 0.717) is 24.5 Å². The molecule has 1 unspecified atom stereocenters. The molecule has 0 spiro atoms. The zero-order valence-electron chi connectivity index (χ0n) is 11.5. The third-order valence-electron chi connectivity index (χ3n) is 3.36. The molecule has 2 rings (SSSR count). The van der Waals surface area contributed by atoms with Gasteiger partial charge in [0.25, 0.3) is 0 Å². The Labute approximate surface area is 121 Å². The second-order valence-electron chi connectivity index (χ2n) is 4.94. The molecule has 1 aliphatic rings. The zero-order valence-corrected chi connectivity index (χ0v) is 13.1. The fraction of sp³-hybridized carbons (Fsp3) is 0.538. The minimum atomic E-state index is -3.37. The summed E-state index contributed by atoms with van der Waals surface area (Å²) in [7, 11) is -3.37. The molecular weight excluding hydrogens is 284 g/mol. The summed E-state index contributed by atoms with van der Waals surface area (Å²) < 4.78 is 26.9. The molecule has 4 nitrogen and oxygen atoms in total.